The zero-order valence-electron chi connectivity index (χ0n) is 15.7. The summed E-state index contributed by atoms with van der Waals surface area (Å²) in [6.07, 6.45) is 0.811. The number of nitrogens with one attached hydrogen (secondary N) is 1. The highest BCUT2D eigenvalue weighted by Crippen LogP contribution is 2.25. The number of amides is 1. The van der Waals surface area contributed by atoms with Crippen molar-refractivity contribution in [3.8, 4) is 11.5 Å². The van der Waals surface area contributed by atoms with Crippen LogP contribution in [-0.2, 0) is 4.79 Å². The van der Waals surface area contributed by atoms with Crippen LogP contribution in [0.4, 0.5) is 0 Å². The number of carbonyl (C=O) groups is 1. The predicted molar refractivity (Wildman–Crippen MR) is 105 cm³/mol. The third kappa shape index (κ3) is 5.15. The average Bonchev–Trinajstić information content (AvgIpc) is 2.65. The van der Waals surface area contributed by atoms with Crippen LogP contribution in [0.3, 0.4) is 0 Å². The first-order chi connectivity index (χ1) is 12.5. The van der Waals surface area contributed by atoms with E-state index in [-0.39, 0.29) is 11.9 Å². The van der Waals surface area contributed by atoms with E-state index in [1.165, 1.54) is 0 Å². The molecule has 0 unspecified atom stereocenters. The first-order valence-electron chi connectivity index (χ1n) is 8.85. The minimum absolute atomic E-state index is 0.0741. The highest BCUT2D eigenvalue weighted by molar-refractivity contribution is 6.30. The molecule has 2 rings (SSSR count). The van der Waals surface area contributed by atoms with Crippen LogP contribution < -0.4 is 14.8 Å². The lowest BCUT2D eigenvalue weighted by Crippen LogP contribution is -2.39. The summed E-state index contributed by atoms with van der Waals surface area (Å²) in [6.45, 7) is 5.97. The predicted octanol–water partition coefficient (Wildman–Crippen LogP) is 5.08. The molecule has 140 valence electrons. The molecule has 26 heavy (non-hydrogen) atoms. The van der Waals surface area contributed by atoms with E-state index in [1.54, 1.807) is 31.4 Å². The van der Waals surface area contributed by atoms with Crippen LogP contribution in [0, 0.1) is 6.92 Å². The van der Waals surface area contributed by atoms with Crippen molar-refractivity contribution in [3.05, 3.63) is 58.6 Å². The molecule has 4 nitrogen and oxygen atoms in total. The lowest BCUT2D eigenvalue weighted by molar-refractivity contribution is -0.128. The van der Waals surface area contributed by atoms with E-state index in [2.05, 4.69) is 5.32 Å². The van der Waals surface area contributed by atoms with Gasteiger partial charge in [-0.1, -0.05) is 37.6 Å². The number of aryl methyl sites for hydroxylation is 1. The average molecular weight is 376 g/mol. The monoisotopic (exact) mass is 375 g/mol. The maximum absolute atomic E-state index is 12.7. The highest BCUT2D eigenvalue weighted by atomic mass is 35.5. The standard InChI is InChI=1S/C21H26ClNO3/c1-5-18(15-7-12-20(25-4)14(3)13-15)23-21(24)19(6-2)26-17-10-8-16(22)9-11-17/h7-13,18-19H,5-6H2,1-4H3,(H,23,24)/t18-,19-/m0/s1. The first-order valence-corrected chi connectivity index (χ1v) is 9.23. The van der Waals surface area contributed by atoms with Crippen molar-refractivity contribution in [3.63, 3.8) is 0 Å². The molecule has 2 atom stereocenters. The smallest absolute Gasteiger partial charge is 0.261 e. The normalized spacial score (nSPS) is 13.0. The first kappa shape index (κ1) is 20.1. The number of hydrogen-bond donors (Lipinski definition) is 1. The maximum atomic E-state index is 12.7. The molecule has 1 N–H and O–H groups in total. The molecule has 0 aromatic heterocycles. The van der Waals surface area contributed by atoms with Crippen molar-refractivity contribution in [2.45, 2.75) is 45.8 Å². The molecular formula is C21H26ClNO3. The largest absolute Gasteiger partial charge is 0.496 e. The lowest BCUT2D eigenvalue weighted by Gasteiger charge is -2.23. The lowest BCUT2D eigenvalue weighted by atomic mass is 10.0. The van der Waals surface area contributed by atoms with E-state index >= 15 is 0 Å². The minimum atomic E-state index is -0.551. The van der Waals surface area contributed by atoms with Gasteiger partial charge in [-0.15, -0.1) is 0 Å². The van der Waals surface area contributed by atoms with Gasteiger partial charge in [0.05, 0.1) is 13.2 Å². The van der Waals surface area contributed by atoms with Gasteiger partial charge in [-0.05, 0) is 61.2 Å². The highest BCUT2D eigenvalue weighted by Gasteiger charge is 2.22. The van der Waals surface area contributed by atoms with Crippen LogP contribution in [0.25, 0.3) is 0 Å². The van der Waals surface area contributed by atoms with Gasteiger partial charge in [0.1, 0.15) is 11.5 Å². The van der Waals surface area contributed by atoms with E-state index < -0.39 is 6.10 Å². The van der Waals surface area contributed by atoms with Gasteiger partial charge in [0, 0.05) is 5.02 Å². The summed E-state index contributed by atoms with van der Waals surface area (Å²) in [7, 11) is 1.65. The van der Waals surface area contributed by atoms with Crippen LogP contribution in [0.15, 0.2) is 42.5 Å². The summed E-state index contributed by atoms with van der Waals surface area (Å²) < 4.78 is 11.1. The third-order valence-electron chi connectivity index (χ3n) is 4.30. The van der Waals surface area contributed by atoms with Gasteiger partial charge in [0.15, 0.2) is 6.10 Å². The number of benzene rings is 2. The van der Waals surface area contributed by atoms with E-state index in [9.17, 15) is 4.79 Å². The van der Waals surface area contributed by atoms with E-state index in [0.29, 0.717) is 17.2 Å². The second-order valence-electron chi connectivity index (χ2n) is 6.17. The number of carbonyl (C=O) groups excluding carboxylic acids is 1. The molecule has 0 radical (unpaired) electrons. The molecule has 0 saturated carbocycles. The van der Waals surface area contributed by atoms with Gasteiger partial charge >= 0.3 is 0 Å². The number of methoxy groups -OCH3 is 1. The fourth-order valence-electron chi connectivity index (χ4n) is 2.80. The summed E-state index contributed by atoms with van der Waals surface area (Å²) >= 11 is 5.89. The van der Waals surface area contributed by atoms with Crippen LogP contribution >= 0.6 is 11.6 Å². The van der Waals surface area contributed by atoms with Gasteiger partial charge in [-0.3, -0.25) is 4.79 Å². The van der Waals surface area contributed by atoms with Crippen molar-refractivity contribution >= 4 is 17.5 Å². The Bertz CT molecular complexity index is 731. The quantitative estimate of drug-likeness (QED) is 0.699. The van der Waals surface area contributed by atoms with Gasteiger partial charge in [-0.25, -0.2) is 0 Å². The Balaban J connectivity index is 2.08. The fourth-order valence-corrected chi connectivity index (χ4v) is 2.93. The third-order valence-corrected chi connectivity index (χ3v) is 4.55. The molecule has 0 aliphatic carbocycles. The molecule has 0 saturated heterocycles. The molecule has 0 fully saturated rings. The van der Waals surface area contributed by atoms with E-state index in [1.807, 2.05) is 39.0 Å². The molecule has 0 heterocycles. The number of halogens is 1. The molecule has 5 heteroatoms. The maximum Gasteiger partial charge on any atom is 0.261 e. The Hall–Kier alpha value is -2.20. The number of ether oxygens (including phenoxy) is 2. The summed E-state index contributed by atoms with van der Waals surface area (Å²) in [5.74, 6) is 1.35. The second kappa shape index (κ2) is 9.48. The van der Waals surface area contributed by atoms with Gasteiger partial charge in [0.2, 0.25) is 0 Å². The molecule has 0 aliphatic rings. The molecule has 1 amide bonds. The topological polar surface area (TPSA) is 47.6 Å². The summed E-state index contributed by atoms with van der Waals surface area (Å²) in [5, 5.41) is 3.73. The van der Waals surface area contributed by atoms with Crippen molar-refractivity contribution in [1.82, 2.24) is 5.32 Å². The summed E-state index contributed by atoms with van der Waals surface area (Å²) in [5.41, 5.74) is 2.10. The number of hydrogen-bond acceptors (Lipinski definition) is 3. The van der Waals surface area contributed by atoms with Gasteiger partial charge in [-0.2, -0.15) is 0 Å². The van der Waals surface area contributed by atoms with E-state index in [4.69, 9.17) is 21.1 Å². The Morgan fingerprint density at radius 3 is 2.35 bits per heavy atom. The fraction of sp³-hybridized carbons (Fsp3) is 0.381. The summed E-state index contributed by atoms with van der Waals surface area (Å²) in [6, 6.07) is 12.9. The van der Waals surface area contributed by atoms with Crippen molar-refractivity contribution in [1.29, 1.82) is 0 Å². The van der Waals surface area contributed by atoms with Gasteiger partial charge in [0.25, 0.3) is 5.91 Å². The Kier molecular flexibility index (Phi) is 7.34. The van der Waals surface area contributed by atoms with Crippen LogP contribution in [0.5, 0.6) is 11.5 Å². The van der Waals surface area contributed by atoms with Crippen molar-refractivity contribution in [2.24, 2.45) is 0 Å². The van der Waals surface area contributed by atoms with Crippen molar-refractivity contribution < 1.29 is 14.3 Å². The Labute approximate surface area is 160 Å². The molecule has 0 aliphatic heterocycles. The molecule has 2 aromatic carbocycles. The zero-order chi connectivity index (χ0) is 19.1. The van der Waals surface area contributed by atoms with E-state index in [0.717, 1.165) is 23.3 Å². The Morgan fingerprint density at radius 1 is 1.12 bits per heavy atom. The number of rotatable bonds is 8. The summed E-state index contributed by atoms with van der Waals surface area (Å²) in [4.78, 5) is 12.7. The van der Waals surface area contributed by atoms with Crippen LogP contribution in [0.1, 0.15) is 43.9 Å². The van der Waals surface area contributed by atoms with Crippen molar-refractivity contribution in [2.75, 3.05) is 7.11 Å². The molecule has 0 bridgehead atoms. The Morgan fingerprint density at radius 2 is 1.81 bits per heavy atom. The minimum Gasteiger partial charge on any atom is -0.496 e. The molecule has 2 aromatic rings. The second-order valence-corrected chi connectivity index (χ2v) is 6.60. The van der Waals surface area contributed by atoms with Crippen LogP contribution in [0.2, 0.25) is 5.02 Å². The van der Waals surface area contributed by atoms with Gasteiger partial charge < -0.3 is 14.8 Å². The molecular weight excluding hydrogens is 350 g/mol. The SMILES string of the molecule is CC[C@H](Oc1ccc(Cl)cc1)C(=O)N[C@@H](CC)c1ccc(OC)c(C)c1. The molecule has 0 spiro atoms. The zero-order valence-corrected chi connectivity index (χ0v) is 16.5. The van der Waals surface area contributed by atoms with Crippen LogP contribution in [-0.4, -0.2) is 19.1 Å².